The highest BCUT2D eigenvalue weighted by Crippen LogP contribution is 2.32. The fraction of sp³-hybridized carbons (Fsp3) is 0.240. The highest BCUT2D eigenvalue weighted by atomic mass is 16.2. The van der Waals surface area contributed by atoms with Crippen molar-refractivity contribution in [3.8, 4) is 17.2 Å². The number of piperazine rings is 1. The van der Waals surface area contributed by atoms with E-state index in [0.29, 0.717) is 24.2 Å². The van der Waals surface area contributed by atoms with Crippen molar-refractivity contribution in [2.75, 3.05) is 31.1 Å². The summed E-state index contributed by atoms with van der Waals surface area (Å²) in [6.07, 6.45) is 2.48. The van der Waals surface area contributed by atoms with E-state index in [1.807, 2.05) is 42.2 Å². The molecule has 2 heterocycles. The maximum atomic E-state index is 12.7. The number of aryl methyl sites for hydroxylation is 1. The van der Waals surface area contributed by atoms with Gasteiger partial charge in [0.2, 0.25) is 0 Å². The van der Waals surface area contributed by atoms with Crippen LogP contribution >= 0.6 is 0 Å². The number of nitriles is 1. The van der Waals surface area contributed by atoms with Gasteiger partial charge in [-0.1, -0.05) is 31.2 Å². The molecular formula is C25H24N4O. The molecule has 1 saturated heterocycles. The molecule has 1 aromatic carbocycles. The van der Waals surface area contributed by atoms with Crippen molar-refractivity contribution < 1.29 is 4.79 Å². The summed E-state index contributed by atoms with van der Waals surface area (Å²) in [6, 6.07) is 21.9. The highest BCUT2D eigenvalue weighted by molar-refractivity contribution is 5.95. The quantitative estimate of drug-likeness (QED) is 0.522. The zero-order chi connectivity index (χ0) is 20.9. The van der Waals surface area contributed by atoms with Gasteiger partial charge >= 0.3 is 0 Å². The van der Waals surface area contributed by atoms with Gasteiger partial charge in [0.1, 0.15) is 0 Å². The number of pyridine rings is 1. The van der Waals surface area contributed by atoms with Crippen molar-refractivity contribution >= 4 is 11.6 Å². The van der Waals surface area contributed by atoms with E-state index >= 15 is 0 Å². The largest absolute Gasteiger partial charge is 0.368 e. The molecule has 0 unspecified atom stereocenters. The van der Waals surface area contributed by atoms with Gasteiger partial charge in [-0.25, -0.2) is 0 Å². The molecule has 1 aliphatic heterocycles. The summed E-state index contributed by atoms with van der Waals surface area (Å²) in [6.45, 7) is 4.89. The van der Waals surface area contributed by atoms with Gasteiger partial charge in [0.05, 0.1) is 22.9 Å². The molecular weight excluding hydrogens is 372 g/mol. The van der Waals surface area contributed by atoms with Crippen LogP contribution in [0.4, 0.5) is 5.69 Å². The normalized spacial score (nSPS) is 13.7. The van der Waals surface area contributed by atoms with E-state index in [2.05, 4.69) is 40.2 Å². The van der Waals surface area contributed by atoms with E-state index in [1.165, 1.54) is 11.1 Å². The third kappa shape index (κ3) is 4.33. The van der Waals surface area contributed by atoms with Crippen LogP contribution in [-0.2, 0) is 6.42 Å². The molecule has 2 aromatic rings. The molecule has 0 bridgehead atoms. The number of carbonyl (C=O) groups excluding carboxylic acids is 1. The van der Waals surface area contributed by atoms with Gasteiger partial charge in [-0.15, -0.1) is 0 Å². The van der Waals surface area contributed by atoms with Gasteiger partial charge in [-0.2, -0.15) is 5.26 Å². The first-order valence-corrected chi connectivity index (χ1v) is 10.3. The average Bonchev–Trinajstić information content (AvgIpc) is 3.43. The molecule has 2 aliphatic carbocycles. The Bertz CT molecular complexity index is 1080. The average molecular weight is 396 g/mol. The number of amides is 1. The van der Waals surface area contributed by atoms with Crippen molar-refractivity contribution in [3.05, 3.63) is 83.7 Å². The molecule has 1 fully saturated rings. The third-order valence-electron chi connectivity index (χ3n) is 5.48. The van der Waals surface area contributed by atoms with Crippen LogP contribution < -0.4 is 4.90 Å². The number of aromatic nitrogens is 1. The predicted molar refractivity (Wildman–Crippen MR) is 118 cm³/mol. The first-order chi connectivity index (χ1) is 14.7. The van der Waals surface area contributed by atoms with Gasteiger partial charge in [0.15, 0.2) is 0 Å². The van der Waals surface area contributed by atoms with E-state index in [-0.39, 0.29) is 5.91 Å². The minimum Gasteiger partial charge on any atom is -0.368 e. The molecule has 0 atom stereocenters. The lowest BCUT2D eigenvalue weighted by Gasteiger charge is -2.36. The first kappa shape index (κ1) is 19.7. The summed E-state index contributed by atoms with van der Waals surface area (Å²) in [5.74, 6) is 0.0605. The van der Waals surface area contributed by atoms with Crippen LogP contribution in [0, 0.1) is 11.3 Å². The lowest BCUT2D eigenvalue weighted by atomic mass is 10.1. The smallest absolute Gasteiger partial charge is 0.255 e. The van der Waals surface area contributed by atoms with E-state index in [1.54, 1.807) is 12.3 Å². The van der Waals surface area contributed by atoms with Gasteiger partial charge in [-0.3, -0.25) is 9.78 Å². The molecule has 30 heavy (non-hydrogen) atoms. The number of benzene rings is 2. The molecule has 5 nitrogen and oxygen atoms in total. The minimum atomic E-state index is 0.0605. The number of carbonyl (C=O) groups is 1. The first-order valence-electron chi connectivity index (χ1n) is 10.3. The van der Waals surface area contributed by atoms with Crippen LogP contribution in [0.25, 0.3) is 11.1 Å². The molecule has 0 radical (unpaired) electrons. The zero-order valence-electron chi connectivity index (χ0n) is 17.1. The van der Waals surface area contributed by atoms with Gasteiger partial charge in [0, 0.05) is 38.1 Å². The molecule has 1 aromatic heterocycles. The SMILES string of the molecule is CCc1ncccc1C(=O)N1CCN(c2cccc(C#N)c2)CC1.c1cc2cc-2c1. The monoisotopic (exact) mass is 396 g/mol. The summed E-state index contributed by atoms with van der Waals surface area (Å²) in [5, 5.41) is 9.02. The summed E-state index contributed by atoms with van der Waals surface area (Å²) in [4.78, 5) is 21.2. The number of hydrogen-bond donors (Lipinski definition) is 0. The number of anilines is 1. The third-order valence-corrected chi connectivity index (χ3v) is 5.48. The summed E-state index contributed by atoms with van der Waals surface area (Å²) in [7, 11) is 0. The van der Waals surface area contributed by atoms with Crippen molar-refractivity contribution in [3.63, 3.8) is 0 Å². The minimum absolute atomic E-state index is 0.0605. The fourth-order valence-electron chi connectivity index (χ4n) is 3.70. The zero-order valence-corrected chi connectivity index (χ0v) is 17.1. The molecule has 150 valence electrons. The second kappa shape index (κ2) is 8.79. The number of rotatable bonds is 3. The lowest BCUT2D eigenvalue weighted by molar-refractivity contribution is 0.0745. The van der Waals surface area contributed by atoms with Crippen LogP contribution in [0.15, 0.2) is 66.9 Å². The summed E-state index contributed by atoms with van der Waals surface area (Å²) >= 11 is 0. The maximum absolute atomic E-state index is 12.7. The van der Waals surface area contributed by atoms with E-state index in [9.17, 15) is 4.79 Å². The number of hydrogen-bond acceptors (Lipinski definition) is 4. The second-order valence-electron chi connectivity index (χ2n) is 7.37. The molecule has 0 saturated carbocycles. The van der Waals surface area contributed by atoms with E-state index in [0.717, 1.165) is 30.9 Å². The molecule has 5 heteroatoms. The predicted octanol–water partition coefficient (Wildman–Crippen LogP) is 4.15. The molecule has 0 spiro atoms. The van der Waals surface area contributed by atoms with Gasteiger partial charge < -0.3 is 9.80 Å². The number of fused-ring (bicyclic) bond motifs is 1. The Balaban J connectivity index is 0.000000305. The van der Waals surface area contributed by atoms with Crippen molar-refractivity contribution in [2.24, 2.45) is 0 Å². The van der Waals surface area contributed by atoms with E-state index < -0.39 is 0 Å². The molecule has 5 rings (SSSR count). The molecule has 3 aliphatic rings. The summed E-state index contributed by atoms with van der Waals surface area (Å²) in [5.41, 5.74) is 6.11. The van der Waals surface area contributed by atoms with Crippen molar-refractivity contribution in [2.45, 2.75) is 13.3 Å². The van der Waals surface area contributed by atoms with Crippen LogP contribution in [0.5, 0.6) is 0 Å². The molecule has 0 N–H and O–H groups in total. The van der Waals surface area contributed by atoms with Crippen LogP contribution in [0.3, 0.4) is 0 Å². The van der Waals surface area contributed by atoms with Crippen molar-refractivity contribution in [1.29, 1.82) is 5.26 Å². The number of nitrogens with zero attached hydrogens (tertiary/aromatic N) is 4. The van der Waals surface area contributed by atoms with Gasteiger partial charge in [0.25, 0.3) is 5.91 Å². The Kier molecular flexibility index (Phi) is 5.76. The van der Waals surface area contributed by atoms with Gasteiger partial charge in [-0.05, 0) is 53.9 Å². The van der Waals surface area contributed by atoms with Crippen LogP contribution in [0.2, 0.25) is 0 Å². The Morgan fingerprint density at radius 1 is 1.00 bits per heavy atom. The maximum Gasteiger partial charge on any atom is 0.255 e. The second-order valence-corrected chi connectivity index (χ2v) is 7.37. The topological polar surface area (TPSA) is 60.2 Å². The van der Waals surface area contributed by atoms with Crippen LogP contribution in [0.1, 0.15) is 28.5 Å². The van der Waals surface area contributed by atoms with E-state index in [4.69, 9.17) is 5.26 Å². The standard InChI is InChI=1S/C19H20N4O.C6H4/c1-2-18-17(7-4-8-21-18)19(24)23-11-9-22(10-12-23)16-6-3-5-15(13-16)14-20;1-2-5-4-6(5)3-1/h3-8,13H,2,9-12H2,1H3;1-4H. The summed E-state index contributed by atoms with van der Waals surface area (Å²) < 4.78 is 0. The van der Waals surface area contributed by atoms with Crippen molar-refractivity contribution in [1.82, 2.24) is 9.88 Å². The Morgan fingerprint density at radius 2 is 1.73 bits per heavy atom. The molecule has 1 amide bonds. The highest BCUT2D eigenvalue weighted by Gasteiger charge is 2.24. The Labute approximate surface area is 177 Å². The Hall–Kier alpha value is -3.65. The lowest BCUT2D eigenvalue weighted by Crippen LogP contribution is -2.49. The fourth-order valence-corrected chi connectivity index (χ4v) is 3.70. The Morgan fingerprint density at radius 3 is 2.33 bits per heavy atom. The van der Waals surface area contributed by atoms with Crippen LogP contribution in [-0.4, -0.2) is 42.0 Å².